The van der Waals surface area contributed by atoms with E-state index in [-0.39, 0.29) is 5.60 Å². The summed E-state index contributed by atoms with van der Waals surface area (Å²) in [6.45, 7) is 4.16. The molecular formula is C14H17NO. The number of nitrogens with zero attached hydrogens (tertiary/aromatic N) is 1. The molecular weight excluding hydrogens is 198 g/mol. The highest BCUT2D eigenvalue weighted by Gasteiger charge is 2.25. The van der Waals surface area contributed by atoms with Crippen LogP contribution in [0.15, 0.2) is 47.2 Å². The van der Waals surface area contributed by atoms with Crippen LogP contribution in [-0.4, -0.2) is 11.8 Å². The van der Waals surface area contributed by atoms with E-state index < -0.39 is 0 Å². The SMILES string of the molecule is CC1=COC(C)(C=Nc2ccccc2)CC1. The summed E-state index contributed by atoms with van der Waals surface area (Å²) in [6, 6.07) is 9.94. The van der Waals surface area contributed by atoms with Crippen molar-refractivity contribution in [2.75, 3.05) is 0 Å². The van der Waals surface area contributed by atoms with E-state index in [1.807, 2.05) is 42.8 Å². The maximum absolute atomic E-state index is 5.69. The first-order valence-corrected chi connectivity index (χ1v) is 5.62. The quantitative estimate of drug-likeness (QED) is 0.686. The van der Waals surface area contributed by atoms with Crippen LogP contribution in [0.3, 0.4) is 0 Å². The summed E-state index contributed by atoms with van der Waals surface area (Å²) < 4.78 is 5.69. The highest BCUT2D eigenvalue weighted by molar-refractivity contribution is 5.72. The molecule has 0 amide bonds. The monoisotopic (exact) mass is 215 g/mol. The van der Waals surface area contributed by atoms with Gasteiger partial charge < -0.3 is 4.74 Å². The van der Waals surface area contributed by atoms with Gasteiger partial charge in [-0.1, -0.05) is 18.2 Å². The van der Waals surface area contributed by atoms with Gasteiger partial charge in [0.05, 0.1) is 11.9 Å². The molecule has 0 bridgehead atoms. The molecule has 0 N–H and O–H groups in total. The molecule has 84 valence electrons. The second-order valence-corrected chi connectivity index (χ2v) is 4.49. The van der Waals surface area contributed by atoms with E-state index in [9.17, 15) is 0 Å². The van der Waals surface area contributed by atoms with E-state index in [0.29, 0.717) is 0 Å². The number of para-hydroxylation sites is 1. The zero-order valence-corrected chi connectivity index (χ0v) is 9.81. The molecule has 1 aromatic carbocycles. The Morgan fingerprint density at radius 3 is 2.69 bits per heavy atom. The maximum Gasteiger partial charge on any atom is 0.141 e. The van der Waals surface area contributed by atoms with Crippen molar-refractivity contribution < 1.29 is 4.74 Å². The summed E-state index contributed by atoms with van der Waals surface area (Å²) in [4.78, 5) is 4.45. The summed E-state index contributed by atoms with van der Waals surface area (Å²) in [6.07, 6.45) is 5.83. The fourth-order valence-corrected chi connectivity index (χ4v) is 1.62. The standard InChI is InChI=1S/C14H17NO/c1-12-8-9-14(2,16-10-12)11-15-13-6-4-3-5-7-13/h3-7,10-11H,8-9H2,1-2H3. The van der Waals surface area contributed by atoms with E-state index in [1.165, 1.54) is 5.57 Å². The van der Waals surface area contributed by atoms with E-state index in [1.54, 1.807) is 0 Å². The van der Waals surface area contributed by atoms with Crippen LogP contribution in [0, 0.1) is 0 Å². The van der Waals surface area contributed by atoms with Crippen molar-refractivity contribution in [1.82, 2.24) is 0 Å². The van der Waals surface area contributed by atoms with Crippen LogP contribution in [0.25, 0.3) is 0 Å². The molecule has 1 atom stereocenters. The van der Waals surface area contributed by atoms with Crippen molar-refractivity contribution in [3.05, 3.63) is 42.2 Å². The van der Waals surface area contributed by atoms with Crippen LogP contribution < -0.4 is 0 Å². The first-order chi connectivity index (χ1) is 7.68. The Morgan fingerprint density at radius 2 is 2.06 bits per heavy atom. The van der Waals surface area contributed by atoms with Crippen molar-refractivity contribution in [1.29, 1.82) is 0 Å². The van der Waals surface area contributed by atoms with Gasteiger partial charge in [-0.3, -0.25) is 4.99 Å². The summed E-state index contributed by atoms with van der Waals surface area (Å²) in [5.74, 6) is 0. The van der Waals surface area contributed by atoms with Gasteiger partial charge in [0, 0.05) is 6.21 Å². The van der Waals surface area contributed by atoms with Crippen LogP contribution in [-0.2, 0) is 4.74 Å². The van der Waals surface area contributed by atoms with Crippen LogP contribution >= 0.6 is 0 Å². The third-order valence-corrected chi connectivity index (χ3v) is 2.79. The van der Waals surface area contributed by atoms with Gasteiger partial charge in [0.25, 0.3) is 0 Å². The number of hydrogen-bond acceptors (Lipinski definition) is 2. The Labute approximate surface area is 96.7 Å². The number of rotatable bonds is 2. The molecule has 0 saturated carbocycles. The minimum absolute atomic E-state index is 0.255. The minimum Gasteiger partial charge on any atom is -0.490 e. The number of aliphatic imine (C=N–C) groups is 1. The molecule has 0 aliphatic carbocycles. The third kappa shape index (κ3) is 2.72. The highest BCUT2D eigenvalue weighted by Crippen LogP contribution is 2.25. The molecule has 0 aromatic heterocycles. The van der Waals surface area contributed by atoms with Crippen LogP contribution in [0.5, 0.6) is 0 Å². The van der Waals surface area contributed by atoms with E-state index in [4.69, 9.17) is 4.74 Å². The number of benzene rings is 1. The van der Waals surface area contributed by atoms with Crippen LogP contribution in [0.2, 0.25) is 0 Å². The van der Waals surface area contributed by atoms with Gasteiger partial charge >= 0.3 is 0 Å². The summed E-state index contributed by atoms with van der Waals surface area (Å²) in [5.41, 5.74) is 2.01. The average Bonchev–Trinajstić information content (AvgIpc) is 2.33. The Balaban J connectivity index is 2.07. The molecule has 0 radical (unpaired) electrons. The smallest absolute Gasteiger partial charge is 0.141 e. The molecule has 1 aliphatic heterocycles. The summed E-state index contributed by atoms with van der Waals surface area (Å²) in [5, 5.41) is 0. The van der Waals surface area contributed by atoms with Gasteiger partial charge in [-0.05, 0) is 44.4 Å². The lowest BCUT2D eigenvalue weighted by molar-refractivity contribution is 0.0862. The molecule has 2 rings (SSSR count). The van der Waals surface area contributed by atoms with Crippen molar-refractivity contribution in [3.63, 3.8) is 0 Å². The Hall–Kier alpha value is -1.57. The molecule has 1 aromatic rings. The second-order valence-electron chi connectivity index (χ2n) is 4.49. The average molecular weight is 215 g/mol. The second kappa shape index (κ2) is 4.52. The van der Waals surface area contributed by atoms with Gasteiger partial charge in [-0.25, -0.2) is 0 Å². The number of ether oxygens (including phenoxy) is 1. The summed E-state index contributed by atoms with van der Waals surface area (Å²) in [7, 11) is 0. The highest BCUT2D eigenvalue weighted by atomic mass is 16.5. The van der Waals surface area contributed by atoms with E-state index in [0.717, 1.165) is 18.5 Å². The molecule has 2 nitrogen and oxygen atoms in total. The van der Waals surface area contributed by atoms with Gasteiger partial charge in [0.2, 0.25) is 0 Å². The fourth-order valence-electron chi connectivity index (χ4n) is 1.62. The molecule has 16 heavy (non-hydrogen) atoms. The number of allylic oxidation sites excluding steroid dienone is 1. The van der Waals surface area contributed by atoms with Gasteiger partial charge in [-0.2, -0.15) is 0 Å². The Morgan fingerprint density at radius 1 is 1.31 bits per heavy atom. The molecule has 0 fully saturated rings. The Bertz CT molecular complexity index is 408. The van der Waals surface area contributed by atoms with Gasteiger partial charge in [0.1, 0.15) is 5.60 Å². The van der Waals surface area contributed by atoms with Gasteiger partial charge in [-0.15, -0.1) is 0 Å². The lowest BCUT2D eigenvalue weighted by Crippen LogP contribution is -2.31. The number of hydrogen-bond donors (Lipinski definition) is 0. The van der Waals surface area contributed by atoms with E-state index >= 15 is 0 Å². The van der Waals surface area contributed by atoms with Crippen LogP contribution in [0.4, 0.5) is 5.69 Å². The zero-order chi connectivity index (χ0) is 11.4. The topological polar surface area (TPSA) is 21.6 Å². The van der Waals surface area contributed by atoms with E-state index in [2.05, 4.69) is 18.8 Å². The third-order valence-electron chi connectivity index (χ3n) is 2.79. The fraction of sp³-hybridized carbons (Fsp3) is 0.357. The lowest BCUT2D eigenvalue weighted by Gasteiger charge is -2.29. The first-order valence-electron chi connectivity index (χ1n) is 5.62. The molecule has 1 unspecified atom stereocenters. The molecule has 0 spiro atoms. The predicted molar refractivity (Wildman–Crippen MR) is 67.1 cm³/mol. The minimum atomic E-state index is -0.255. The molecule has 2 heteroatoms. The van der Waals surface area contributed by atoms with Crippen molar-refractivity contribution >= 4 is 11.9 Å². The van der Waals surface area contributed by atoms with Gasteiger partial charge in [0.15, 0.2) is 0 Å². The lowest BCUT2D eigenvalue weighted by atomic mass is 9.96. The normalized spacial score (nSPS) is 25.2. The molecule has 1 heterocycles. The first kappa shape index (κ1) is 10.9. The maximum atomic E-state index is 5.69. The van der Waals surface area contributed by atoms with Crippen molar-refractivity contribution in [3.8, 4) is 0 Å². The molecule has 0 saturated heterocycles. The van der Waals surface area contributed by atoms with Crippen molar-refractivity contribution in [2.45, 2.75) is 32.3 Å². The zero-order valence-electron chi connectivity index (χ0n) is 9.81. The van der Waals surface area contributed by atoms with Crippen molar-refractivity contribution in [2.24, 2.45) is 4.99 Å². The largest absolute Gasteiger partial charge is 0.490 e. The predicted octanol–water partition coefficient (Wildman–Crippen LogP) is 3.86. The molecule has 1 aliphatic rings. The Kier molecular flexibility index (Phi) is 3.09. The summed E-state index contributed by atoms with van der Waals surface area (Å²) >= 11 is 0. The van der Waals surface area contributed by atoms with Crippen LogP contribution in [0.1, 0.15) is 26.7 Å².